The maximum absolute atomic E-state index is 13.5. The first-order valence-corrected chi connectivity index (χ1v) is 10.3. The van der Waals surface area contributed by atoms with Gasteiger partial charge in [0.25, 0.3) is 5.91 Å². The van der Waals surface area contributed by atoms with Gasteiger partial charge < -0.3 is 9.47 Å². The SMILES string of the molecule is CCN(C(=O)c1nc(-c2ccc(Cl)cc2)n2c1CCCCC2)c1ccccc1. The van der Waals surface area contributed by atoms with Crippen molar-refractivity contribution >= 4 is 23.2 Å². The first-order valence-electron chi connectivity index (χ1n) is 9.91. The number of hydrogen-bond donors (Lipinski definition) is 0. The summed E-state index contributed by atoms with van der Waals surface area (Å²) < 4.78 is 2.24. The molecule has 0 radical (unpaired) electrons. The summed E-state index contributed by atoms with van der Waals surface area (Å²) in [5, 5.41) is 0.698. The molecule has 4 nitrogen and oxygen atoms in total. The van der Waals surface area contributed by atoms with Crippen molar-refractivity contribution in [1.29, 1.82) is 0 Å². The number of para-hydroxylation sites is 1. The molecule has 144 valence electrons. The van der Waals surface area contributed by atoms with Crippen LogP contribution in [-0.2, 0) is 13.0 Å². The van der Waals surface area contributed by atoms with Crippen LogP contribution in [0.25, 0.3) is 11.4 Å². The van der Waals surface area contributed by atoms with Crippen LogP contribution in [-0.4, -0.2) is 22.0 Å². The highest BCUT2D eigenvalue weighted by Gasteiger charge is 2.27. The average molecular weight is 394 g/mol. The van der Waals surface area contributed by atoms with Crippen molar-refractivity contribution in [2.24, 2.45) is 0 Å². The molecule has 4 rings (SSSR count). The fourth-order valence-corrected chi connectivity index (χ4v) is 4.02. The van der Waals surface area contributed by atoms with E-state index in [1.165, 1.54) is 6.42 Å². The Kier molecular flexibility index (Phi) is 5.49. The van der Waals surface area contributed by atoms with E-state index in [0.717, 1.165) is 48.6 Å². The number of carbonyl (C=O) groups is 1. The zero-order valence-corrected chi connectivity index (χ0v) is 16.8. The normalized spacial score (nSPS) is 13.6. The van der Waals surface area contributed by atoms with Gasteiger partial charge in [-0.25, -0.2) is 4.98 Å². The Hall–Kier alpha value is -2.59. The number of amides is 1. The highest BCUT2D eigenvalue weighted by atomic mass is 35.5. The Balaban J connectivity index is 1.80. The number of benzene rings is 2. The number of carbonyl (C=O) groups excluding carboxylic acids is 1. The lowest BCUT2D eigenvalue weighted by Gasteiger charge is -2.20. The van der Waals surface area contributed by atoms with Gasteiger partial charge >= 0.3 is 0 Å². The van der Waals surface area contributed by atoms with Crippen LogP contribution in [0.2, 0.25) is 5.02 Å². The van der Waals surface area contributed by atoms with E-state index in [4.69, 9.17) is 16.6 Å². The fraction of sp³-hybridized carbons (Fsp3) is 0.304. The molecule has 0 saturated carbocycles. The third kappa shape index (κ3) is 3.57. The smallest absolute Gasteiger partial charge is 0.278 e. The molecule has 2 heterocycles. The Morgan fingerprint density at radius 2 is 1.82 bits per heavy atom. The van der Waals surface area contributed by atoms with Gasteiger partial charge in [-0.1, -0.05) is 36.2 Å². The van der Waals surface area contributed by atoms with Crippen LogP contribution in [0.3, 0.4) is 0 Å². The molecule has 0 aliphatic carbocycles. The topological polar surface area (TPSA) is 38.1 Å². The maximum Gasteiger partial charge on any atom is 0.278 e. The quantitative estimate of drug-likeness (QED) is 0.578. The molecule has 0 bridgehead atoms. The second kappa shape index (κ2) is 8.19. The summed E-state index contributed by atoms with van der Waals surface area (Å²) in [7, 11) is 0. The second-order valence-corrected chi connectivity index (χ2v) is 7.52. The van der Waals surface area contributed by atoms with E-state index in [9.17, 15) is 4.79 Å². The number of hydrogen-bond acceptors (Lipinski definition) is 2. The number of rotatable bonds is 4. The van der Waals surface area contributed by atoms with Crippen LogP contribution < -0.4 is 4.90 Å². The van der Waals surface area contributed by atoms with E-state index >= 15 is 0 Å². The Labute approximate surface area is 170 Å². The van der Waals surface area contributed by atoms with Crippen molar-refractivity contribution < 1.29 is 4.79 Å². The van der Waals surface area contributed by atoms with E-state index in [0.29, 0.717) is 17.3 Å². The lowest BCUT2D eigenvalue weighted by atomic mass is 10.1. The summed E-state index contributed by atoms with van der Waals surface area (Å²) in [5.41, 5.74) is 3.53. The lowest BCUT2D eigenvalue weighted by Crippen LogP contribution is -2.31. The van der Waals surface area contributed by atoms with E-state index in [2.05, 4.69) is 4.57 Å². The lowest BCUT2D eigenvalue weighted by molar-refractivity contribution is 0.0983. The van der Waals surface area contributed by atoms with E-state index < -0.39 is 0 Å². The van der Waals surface area contributed by atoms with Gasteiger partial charge in [-0.2, -0.15) is 0 Å². The van der Waals surface area contributed by atoms with Gasteiger partial charge in [0.2, 0.25) is 0 Å². The molecule has 0 unspecified atom stereocenters. The molecular weight excluding hydrogens is 370 g/mol. The molecule has 0 spiro atoms. The molecule has 1 aliphatic heterocycles. The number of halogens is 1. The van der Waals surface area contributed by atoms with Crippen molar-refractivity contribution in [3.8, 4) is 11.4 Å². The van der Waals surface area contributed by atoms with Gasteiger partial charge in [0, 0.05) is 29.4 Å². The highest BCUT2D eigenvalue weighted by molar-refractivity contribution is 6.30. The zero-order valence-electron chi connectivity index (χ0n) is 16.1. The van der Waals surface area contributed by atoms with Gasteiger partial charge in [0.05, 0.1) is 5.69 Å². The zero-order chi connectivity index (χ0) is 19.5. The van der Waals surface area contributed by atoms with Gasteiger partial charge in [-0.05, 0) is 62.6 Å². The maximum atomic E-state index is 13.5. The average Bonchev–Trinajstić information content (AvgIpc) is 2.91. The Morgan fingerprint density at radius 3 is 2.54 bits per heavy atom. The Morgan fingerprint density at radius 1 is 1.07 bits per heavy atom. The van der Waals surface area contributed by atoms with E-state index in [1.54, 1.807) is 4.90 Å². The summed E-state index contributed by atoms with van der Waals surface area (Å²) in [5.74, 6) is 0.834. The van der Waals surface area contributed by atoms with Crippen molar-refractivity contribution in [2.45, 2.75) is 39.2 Å². The molecule has 3 aromatic rings. The second-order valence-electron chi connectivity index (χ2n) is 7.08. The minimum absolute atomic E-state index is 0.0282. The first kappa shape index (κ1) is 18.8. The minimum atomic E-state index is -0.0282. The molecule has 1 aliphatic rings. The highest BCUT2D eigenvalue weighted by Crippen LogP contribution is 2.29. The Bertz CT molecular complexity index is 964. The molecule has 0 N–H and O–H groups in total. The van der Waals surface area contributed by atoms with Crippen LogP contribution in [0, 0.1) is 0 Å². The molecule has 28 heavy (non-hydrogen) atoms. The van der Waals surface area contributed by atoms with E-state index in [1.807, 2.05) is 61.5 Å². The van der Waals surface area contributed by atoms with Crippen molar-refractivity contribution in [1.82, 2.24) is 9.55 Å². The summed E-state index contributed by atoms with van der Waals surface area (Å²) in [6.07, 6.45) is 4.25. The third-order valence-corrected chi connectivity index (χ3v) is 5.55. The summed E-state index contributed by atoms with van der Waals surface area (Å²) in [6.45, 7) is 3.50. The monoisotopic (exact) mass is 393 g/mol. The molecule has 0 atom stereocenters. The van der Waals surface area contributed by atoms with Crippen molar-refractivity contribution in [2.75, 3.05) is 11.4 Å². The van der Waals surface area contributed by atoms with Crippen LogP contribution >= 0.6 is 11.6 Å². The van der Waals surface area contributed by atoms with Crippen LogP contribution in [0.1, 0.15) is 42.4 Å². The minimum Gasteiger partial charge on any atom is -0.327 e. The van der Waals surface area contributed by atoms with Crippen LogP contribution in [0.5, 0.6) is 0 Å². The molecule has 2 aromatic carbocycles. The largest absolute Gasteiger partial charge is 0.327 e. The van der Waals surface area contributed by atoms with Crippen molar-refractivity contribution in [3.63, 3.8) is 0 Å². The molecule has 1 aromatic heterocycles. The van der Waals surface area contributed by atoms with Gasteiger partial charge in [0.15, 0.2) is 5.69 Å². The third-order valence-electron chi connectivity index (χ3n) is 5.30. The number of fused-ring (bicyclic) bond motifs is 1. The number of imidazole rings is 1. The molecule has 5 heteroatoms. The molecule has 0 fully saturated rings. The van der Waals surface area contributed by atoms with Gasteiger partial charge in [-0.3, -0.25) is 4.79 Å². The van der Waals surface area contributed by atoms with Crippen LogP contribution in [0.15, 0.2) is 54.6 Å². The summed E-state index contributed by atoms with van der Waals surface area (Å²) >= 11 is 6.06. The number of anilines is 1. The molecule has 0 saturated heterocycles. The molecule has 1 amide bonds. The predicted octanol–water partition coefficient (Wildman–Crippen LogP) is 5.60. The van der Waals surface area contributed by atoms with Crippen molar-refractivity contribution in [3.05, 3.63) is 71.0 Å². The predicted molar refractivity (Wildman–Crippen MR) is 114 cm³/mol. The first-order chi connectivity index (χ1) is 13.7. The van der Waals surface area contributed by atoms with Gasteiger partial charge in [0.1, 0.15) is 5.82 Å². The molecular formula is C23H24ClN3O. The number of aromatic nitrogens is 2. The van der Waals surface area contributed by atoms with E-state index in [-0.39, 0.29) is 5.91 Å². The summed E-state index contributed by atoms with van der Waals surface area (Å²) in [6, 6.07) is 17.5. The fourth-order valence-electron chi connectivity index (χ4n) is 3.89. The van der Waals surface area contributed by atoms with Crippen LogP contribution in [0.4, 0.5) is 5.69 Å². The summed E-state index contributed by atoms with van der Waals surface area (Å²) in [4.78, 5) is 20.1. The standard InChI is InChI=1S/C23H24ClN3O/c1-2-26(19-9-5-3-6-10-19)23(28)21-20-11-7-4-8-16-27(20)22(25-21)17-12-14-18(24)15-13-17/h3,5-6,9-10,12-15H,2,4,7-8,11,16H2,1H3. The van der Waals surface area contributed by atoms with Gasteiger partial charge in [-0.15, -0.1) is 0 Å². The number of nitrogens with zero attached hydrogens (tertiary/aromatic N) is 3.